The van der Waals surface area contributed by atoms with Gasteiger partial charge in [-0.2, -0.15) is 0 Å². The molecule has 0 amide bonds. The molecule has 1 aliphatic rings. The van der Waals surface area contributed by atoms with Crippen LogP contribution in [-0.2, 0) is 6.42 Å². The molecular formula is C16H16BrNS. The SMILES string of the molecule is Cc1c(Br)cccc1NCC1Cc2ccccc2S1. The Hall–Kier alpha value is -0.930. The van der Waals surface area contributed by atoms with Crippen molar-refractivity contribution in [2.24, 2.45) is 0 Å². The van der Waals surface area contributed by atoms with E-state index >= 15 is 0 Å². The van der Waals surface area contributed by atoms with Crippen molar-refractivity contribution >= 4 is 33.4 Å². The molecule has 98 valence electrons. The number of hydrogen-bond donors (Lipinski definition) is 1. The number of benzene rings is 2. The number of hydrogen-bond acceptors (Lipinski definition) is 2. The van der Waals surface area contributed by atoms with Crippen molar-refractivity contribution in [3.63, 3.8) is 0 Å². The van der Waals surface area contributed by atoms with E-state index in [2.05, 4.69) is 70.6 Å². The Morgan fingerprint density at radius 3 is 2.89 bits per heavy atom. The Labute approximate surface area is 126 Å². The molecule has 0 radical (unpaired) electrons. The first-order valence-electron chi connectivity index (χ1n) is 6.47. The lowest BCUT2D eigenvalue weighted by atomic mass is 10.1. The van der Waals surface area contributed by atoms with Crippen LogP contribution in [0.1, 0.15) is 11.1 Å². The van der Waals surface area contributed by atoms with Gasteiger partial charge in [-0.05, 0) is 42.7 Å². The van der Waals surface area contributed by atoms with E-state index in [1.165, 1.54) is 32.6 Å². The molecule has 0 fully saturated rings. The van der Waals surface area contributed by atoms with Gasteiger partial charge in [0.25, 0.3) is 0 Å². The van der Waals surface area contributed by atoms with Crippen LogP contribution in [0, 0.1) is 6.92 Å². The van der Waals surface area contributed by atoms with Gasteiger partial charge in [-0.3, -0.25) is 0 Å². The van der Waals surface area contributed by atoms with Crippen LogP contribution in [0.2, 0.25) is 0 Å². The molecule has 1 atom stereocenters. The molecule has 1 unspecified atom stereocenters. The zero-order chi connectivity index (χ0) is 13.2. The second kappa shape index (κ2) is 5.59. The maximum Gasteiger partial charge on any atom is 0.0381 e. The van der Waals surface area contributed by atoms with Gasteiger partial charge in [0.05, 0.1) is 0 Å². The van der Waals surface area contributed by atoms with Crippen LogP contribution >= 0.6 is 27.7 Å². The monoisotopic (exact) mass is 333 g/mol. The summed E-state index contributed by atoms with van der Waals surface area (Å²) in [6, 6.07) is 15.0. The van der Waals surface area contributed by atoms with Crippen molar-refractivity contribution in [2.45, 2.75) is 23.5 Å². The molecule has 2 aromatic rings. The highest BCUT2D eigenvalue weighted by molar-refractivity contribution is 9.10. The fraction of sp³-hybridized carbons (Fsp3) is 0.250. The molecule has 0 spiro atoms. The van der Waals surface area contributed by atoms with Gasteiger partial charge in [-0.1, -0.05) is 40.2 Å². The Bertz CT molecular complexity index is 572. The first-order chi connectivity index (χ1) is 9.24. The summed E-state index contributed by atoms with van der Waals surface area (Å²) in [5.74, 6) is 0. The smallest absolute Gasteiger partial charge is 0.0381 e. The first-order valence-corrected chi connectivity index (χ1v) is 8.15. The molecule has 0 saturated heterocycles. The third kappa shape index (κ3) is 2.82. The average molecular weight is 334 g/mol. The highest BCUT2D eigenvalue weighted by atomic mass is 79.9. The van der Waals surface area contributed by atoms with Crippen molar-refractivity contribution < 1.29 is 0 Å². The summed E-state index contributed by atoms with van der Waals surface area (Å²) in [6.45, 7) is 3.15. The normalized spacial score (nSPS) is 17.3. The quantitative estimate of drug-likeness (QED) is 0.858. The van der Waals surface area contributed by atoms with Crippen molar-refractivity contribution in [2.75, 3.05) is 11.9 Å². The highest BCUT2D eigenvalue weighted by Gasteiger charge is 2.21. The van der Waals surface area contributed by atoms with Crippen molar-refractivity contribution in [1.29, 1.82) is 0 Å². The molecule has 19 heavy (non-hydrogen) atoms. The van der Waals surface area contributed by atoms with Crippen molar-refractivity contribution in [1.82, 2.24) is 0 Å². The minimum atomic E-state index is 0.635. The van der Waals surface area contributed by atoms with Crippen LogP contribution in [-0.4, -0.2) is 11.8 Å². The molecule has 1 heterocycles. The molecule has 1 nitrogen and oxygen atoms in total. The lowest BCUT2D eigenvalue weighted by Gasteiger charge is -2.14. The van der Waals surface area contributed by atoms with Crippen LogP contribution in [0.4, 0.5) is 5.69 Å². The summed E-state index contributed by atoms with van der Waals surface area (Å²) >= 11 is 5.57. The summed E-state index contributed by atoms with van der Waals surface area (Å²) in [5.41, 5.74) is 4.00. The molecule has 2 aromatic carbocycles. The van der Waals surface area contributed by atoms with E-state index in [9.17, 15) is 0 Å². The van der Waals surface area contributed by atoms with Gasteiger partial charge in [-0.15, -0.1) is 11.8 Å². The number of fused-ring (bicyclic) bond motifs is 1. The molecule has 1 N–H and O–H groups in total. The molecular weight excluding hydrogens is 318 g/mol. The summed E-state index contributed by atoms with van der Waals surface area (Å²) < 4.78 is 1.17. The Kier molecular flexibility index (Phi) is 3.85. The van der Waals surface area contributed by atoms with Gasteiger partial charge < -0.3 is 5.32 Å². The van der Waals surface area contributed by atoms with Gasteiger partial charge in [-0.25, -0.2) is 0 Å². The Morgan fingerprint density at radius 1 is 1.21 bits per heavy atom. The predicted molar refractivity (Wildman–Crippen MR) is 87.2 cm³/mol. The largest absolute Gasteiger partial charge is 0.384 e. The number of rotatable bonds is 3. The average Bonchev–Trinajstić information content (AvgIpc) is 2.83. The molecule has 3 heteroatoms. The van der Waals surface area contributed by atoms with Crippen LogP contribution in [0.3, 0.4) is 0 Å². The van der Waals surface area contributed by atoms with Crippen molar-refractivity contribution in [3.8, 4) is 0 Å². The lowest BCUT2D eigenvalue weighted by molar-refractivity contribution is 0.898. The van der Waals surface area contributed by atoms with E-state index in [0.717, 1.165) is 6.54 Å². The summed E-state index contributed by atoms with van der Waals surface area (Å²) in [4.78, 5) is 1.44. The number of halogens is 1. The fourth-order valence-electron chi connectivity index (χ4n) is 2.39. The van der Waals surface area contributed by atoms with Crippen LogP contribution in [0.5, 0.6) is 0 Å². The molecule has 0 aromatic heterocycles. The molecule has 0 aliphatic carbocycles. The Balaban J connectivity index is 1.64. The van der Waals surface area contributed by atoms with Crippen molar-refractivity contribution in [3.05, 3.63) is 58.1 Å². The fourth-order valence-corrected chi connectivity index (χ4v) is 4.01. The zero-order valence-electron chi connectivity index (χ0n) is 10.8. The second-order valence-electron chi connectivity index (χ2n) is 4.85. The van der Waals surface area contributed by atoms with E-state index in [4.69, 9.17) is 0 Å². The maximum atomic E-state index is 3.58. The minimum Gasteiger partial charge on any atom is -0.384 e. The van der Waals surface area contributed by atoms with E-state index in [1.54, 1.807) is 0 Å². The summed E-state index contributed by atoms with van der Waals surface area (Å²) in [5, 5.41) is 4.21. The summed E-state index contributed by atoms with van der Waals surface area (Å²) in [6.07, 6.45) is 1.17. The maximum absolute atomic E-state index is 3.58. The van der Waals surface area contributed by atoms with E-state index < -0.39 is 0 Å². The number of anilines is 1. The third-order valence-electron chi connectivity index (χ3n) is 3.50. The zero-order valence-corrected chi connectivity index (χ0v) is 13.2. The topological polar surface area (TPSA) is 12.0 Å². The highest BCUT2D eigenvalue weighted by Crippen LogP contribution is 2.37. The lowest BCUT2D eigenvalue weighted by Crippen LogP contribution is -2.16. The van der Waals surface area contributed by atoms with E-state index in [1.807, 2.05) is 11.8 Å². The van der Waals surface area contributed by atoms with Gasteiger partial charge >= 0.3 is 0 Å². The molecule has 0 saturated carbocycles. The van der Waals surface area contributed by atoms with Gasteiger partial charge in [0, 0.05) is 26.9 Å². The number of thioether (sulfide) groups is 1. The molecule has 0 bridgehead atoms. The first kappa shape index (κ1) is 13.1. The molecule has 1 aliphatic heterocycles. The molecule has 3 rings (SSSR count). The van der Waals surface area contributed by atoms with E-state index in [0.29, 0.717) is 5.25 Å². The summed E-state index contributed by atoms with van der Waals surface area (Å²) in [7, 11) is 0. The third-order valence-corrected chi connectivity index (χ3v) is 5.68. The van der Waals surface area contributed by atoms with Gasteiger partial charge in [0.15, 0.2) is 0 Å². The van der Waals surface area contributed by atoms with Crippen LogP contribution in [0.25, 0.3) is 0 Å². The second-order valence-corrected chi connectivity index (χ2v) is 7.04. The van der Waals surface area contributed by atoms with Crippen LogP contribution in [0.15, 0.2) is 51.8 Å². The Morgan fingerprint density at radius 2 is 2.05 bits per heavy atom. The minimum absolute atomic E-state index is 0.635. The predicted octanol–water partition coefficient (Wildman–Crippen LogP) is 4.89. The standard InChI is InChI=1S/C16H16BrNS/c1-11-14(17)6-4-7-15(11)18-10-13-9-12-5-2-3-8-16(12)19-13/h2-8,13,18H,9-10H2,1H3. The van der Waals surface area contributed by atoms with E-state index in [-0.39, 0.29) is 0 Å². The van der Waals surface area contributed by atoms with Gasteiger partial charge in [0.1, 0.15) is 0 Å². The number of nitrogens with one attached hydrogen (secondary N) is 1. The van der Waals surface area contributed by atoms with Gasteiger partial charge in [0.2, 0.25) is 0 Å². The van der Waals surface area contributed by atoms with Crippen LogP contribution < -0.4 is 5.32 Å².